The first-order valence-corrected chi connectivity index (χ1v) is 9.22. The van der Waals surface area contributed by atoms with Crippen molar-refractivity contribution >= 4 is 17.9 Å². The van der Waals surface area contributed by atoms with Gasteiger partial charge in [-0.15, -0.1) is 0 Å². The highest BCUT2D eigenvalue weighted by atomic mass is 16.2. The molecule has 2 rings (SSSR count). The zero-order valence-corrected chi connectivity index (χ0v) is 16.2. The average Bonchev–Trinajstić information content (AvgIpc) is 2.54. The van der Waals surface area contributed by atoms with Gasteiger partial charge in [0.25, 0.3) is 5.56 Å². The van der Waals surface area contributed by atoms with Gasteiger partial charge >= 0.3 is 6.03 Å². The number of aromatic amines is 1. The monoisotopic (exact) mass is 365 g/mol. The number of aryl methyl sites for hydroxylation is 1. The molecule has 1 aromatic heterocycles. The second-order valence-corrected chi connectivity index (χ2v) is 6.74. The minimum absolute atomic E-state index is 0.127. The van der Waals surface area contributed by atoms with Crippen LogP contribution >= 0.6 is 0 Å². The van der Waals surface area contributed by atoms with E-state index in [4.69, 9.17) is 0 Å². The van der Waals surface area contributed by atoms with Gasteiger partial charge in [-0.2, -0.15) is 0 Å². The summed E-state index contributed by atoms with van der Waals surface area (Å²) in [5.74, 6) is 0.310. The molecule has 1 saturated carbocycles. The molecular formula is C18H31N5O3. The summed E-state index contributed by atoms with van der Waals surface area (Å²) in [6.45, 7) is 8.25. The lowest BCUT2D eigenvalue weighted by atomic mass is 9.83. The molecule has 0 aliphatic heterocycles. The minimum Gasteiger partial charge on any atom is -0.356 e. The molecule has 0 unspecified atom stereocenters. The van der Waals surface area contributed by atoms with Crippen molar-refractivity contribution in [3.63, 3.8) is 0 Å². The van der Waals surface area contributed by atoms with Crippen molar-refractivity contribution in [2.45, 2.75) is 71.8 Å². The van der Waals surface area contributed by atoms with Crippen LogP contribution in [0, 0.1) is 6.92 Å². The van der Waals surface area contributed by atoms with Gasteiger partial charge in [-0.3, -0.25) is 19.9 Å². The summed E-state index contributed by atoms with van der Waals surface area (Å²) < 4.78 is 0. The summed E-state index contributed by atoms with van der Waals surface area (Å²) in [6.07, 6.45) is 6.06. The van der Waals surface area contributed by atoms with E-state index in [2.05, 4.69) is 32.8 Å². The van der Waals surface area contributed by atoms with E-state index in [1.54, 1.807) is 6.92 Å². The summed E-state index contributed by atoms with van der Waals surface area (Å²) in [7, 11) is 0. The highest BCUT2D eigenvalue weighted by Gasteiger charge is 2.28. The summed E-state index contributed by atoms with van der Waals surface area (Å²) in [6, 6.07) is 1.06. The van der Waals surface area contributed by atoms with Crippen molar-refractivity contribution in [2.24, 2.45) is 0 Å². The van der Waals surface area contributed by atoms with Crippen LogP contribution in [-0.4, -0.2) is 34.0 Å². The molecule has 0 aromatic carbocycles. The van der Waals surface area contributed by atoms with Gasteiger partial charge in [-0.25, -0.2) is 9.78 Å². The molecule has 0 radical (unpaired) electrons. The van der Waals surface area contributed by atoms with Crippen molar-refractivity contribution in [1.82, 2.24) is 20.6 Å². The molecule has 0 spiro atoms. The summed E-state index contributed by atoms with van der Waals surface area (Å²) >= 11 is 0. The van der Waals surface area contributed by atoms with Crippen LogP contribution in [0.3, 0.4) is 0 Å². The van der Waals surface area contributed by atoms with Crippen molar-refractivity contribution in [3.8, 4) is 0 Å². The molecule has 1 aliphatic carbocycles. The highest BCUT2D eigenvalue weighted by Crippen LogP contribution is 2.27. The van der Waals surface area contributed by atoms with Crippen molar-refractivity contribution in [2.75, 3.05) is 11.9 Å². The number of hydrogen-bond acceptors (Lipinski definition) is 4. The quantitative estimate of drug-likeness (QED) is 0.656. The fourth-order valence-electron chi connectivity index (χ4n) is 2.83. The number of nitrogens with zero attached hydrogens (tertiary/aromatic N) is 1. The Hall–Kier alpha value is -2.38. The maximum Gasteiger partial charge on any atom is 0.321 e. The van der Waals surface area contributed by atoms with E-state index in [-0.39, 0.29) is 29.0 Å². The number of carbonyl (C=O) groups is 2. The molecule has 8 nitrogen and oxygen atoms in total. The SMILES string of the molecule is CCNC(=O)CC.Cc1cc(=O)[nH]c(NC(=O)NC2(C)CCCCC2)n1. The Kier molecular flexibility index (Phi) is 8.81. The number of aromatic nitrogens is 2. The van der Waals surface area contributed by atoms with Crippen LogP contribution in [0.2, 0.25) is 0 Å². The zero-order valence-electron chi connectivity index (χ0n) is 16.2. The molecule has 0 bridgehead atoms. The number of hydrogen-bond donors (Lipinski definition) is 4. The van der Waals surface area contributed by atoms with Crippen LogP contribution in [0.1, 0.15) is 65.0 Å². The number of amides is 3. The Morgan fingerprint density at radius 1 is 1.23 bits per heavy atom. The van der Waals surface area contributed by atoms with Crippen LogP contribution < -0.4 is 21.5 Å². The lowest BCUT2D eigenvalue weighted by Gasteiger charge is -2.34. The topological polar surface area (TPSA) is 116 Å². The Morgan fingerprint density at radius 3 is 2.38 bits per heavy atom. The number of anilines is 1. The second kappa shape index (κ2) is 10.6. The number of rotatable bonds is 4. The average molecular weight is 365 g/mol. The molecule has 3 amide bonds. The maximum absolute atomic E-state index is 11.9. The van der Waals surface area contributed by atoms with Gasteiger partial charge in [0.1, 0.15) is 0 Å². The Morgan fingerprint density at radius 2 is 1.88 bits per heavy atom. The fourth-order valence-corrected chi connectivity index (χ4v) is 2.83. The molecule has 1 aliphatic rings. The lowest BCUT2D eigenvalue weighted by Crippen LogP contribution is -2.49. The van der Waals surface area contributed by atoms with Crippen molar-refractivity contribution in [3.05, 3.63) is 22.1 Å². The van der Waals surface area contributed by atoms with Crippen LogP contribution in [0.4, 0.5) is 10.7 Å². The van der Waals surface area contributed by atoms with E-state index in [1.165, 1.54) is 12.5 Å². The molecule has 26 heavy (non-hydrogen) atoms. The van der Waals surface area contributed by atoms with E-state index in [0.29, 0.717) is 12.1 Å². The molecule has 1 fully saturated rings. The molecule has 4 N–H and O–H groups in total. The smallest absolute Gasteiger partial charge is 0.321 e. The Bertz CT molecular complexity index is 650. The first kappa shape index (κ1) is 21.7. The first-order valence-electron chi connectivity index (χ1n) is 9.22. The third-order valence-electron chi connectivity index (χ3n) is 4.17. The van der Waals surface area contributed by atoms with E-state index < -0.39 is 0 Å². The first-order chi connectivity index (χ1) is 12.3. The second-order valence-electron chi connectivity index (χ2n) is 6.74. The van der Waals surface area contributed by atoms with E-state index in [1.807, 2.05) is 13.8 Å². The Labute approximate surface area is 154 Å². The highest BCUT2D eigenvalue weighted by molar-refractivity contribution is 5.87. The van der Waals surface area contributed by atoms with E-state index >= 15 is 0 Å². The fraction of sp³-hybridized carbons (Fsp3) is 0.667. The van der Waals surface area contributed by atoms with Crippen LogP contribution in [-0.2, 0) is 4.79 Å². The van der Waals surface area contributed by atoms with Gasteiger partial charge in [-0.1, -0.05) is 26.2 Å². The molecule has 8 heteroatoms. The van der Waals surface area contributed by atoms with Gasteiger partial charge in [0.05, 0.1) is 0 Å². The van der Waals surface area contributed by atoms with Crippen LogP contribution in [0.15, 0.2) is 10.9 Å². The van der Waals surface area contributed by atoms with E-state index in [0.717, 1.165) is 32.2 Å². The van der Waals surface area contributed by atoms with Gasteiger partial charge < -0.3 is 10.6 Å². The Balaban J connectivity index is 0.000000412. The van der Waals surface area contributed by atoms with Crippen LogP contribution in [0.25, 0.3) is 0 Å². The normalized spacial score (nSPS) is 15.2. The summed E-state index contributed by atoms with van der Waals surface area (Å²) in [4.78, 5) is 40.1. The zero-order chi connectivity index (χ0) is 19.6. The lowest BCUT2D eigenvalue weighted by molar-refractivity contribution is -0.120. The molecule has 1 heterocycles. The van der Waals surface area contributed by atoms with Gasteiger partial charge in [0, 0.05) is 30.3 Å². The number of urea groups is 1. The minimum atomic E-state index is -0.321. The third-order valence-corrected chi connectivity index (χ3v) is 4.17. The molecule has 1 aromatic rings. The van der Waals surface area contributed by atoms with E-state index in [9.17, 15) is 14.4 Å². The maximum atomic E-state index is 11.9. The van der Waals surface area contributed by atoms with Crippen LogP contribution in [0.5, 0.6) is 0 Å². The largest absolute Gasteiger partial charge is 0.356 e. The van der Waals surface area contributed by atoms with Gasteiger partial charge in [0.15, 0.2) is 0 Å². The van der Waals surface area contributed by atoms with Crippen molar-refractivity contribution < 1.29 is 9.59 Å². The van der Waals surface area contributed by atoms with Crippen molar-refractivity contribution in [1.29, 1.82) is 0 Å². The van der Waals surface area contributed by atoms with Gasteiger partial charge in [0.2, 0.25) is 11.9 Å². The third kappa shape index (κ3) is 8.13. The summed E-state index contributed by atoms with van der Waals surface area (Å²) in [5.41, 5.74) is 0.140. The van der Waals surface area contributed by atoms with Gasteiger partial charge in [-0.05, 0) is 33.6 Å². The number of carbonyl (C=O) groups excluding carboxylic acids is 2. The molecule has 0 atom stereocenters. The number of nitrogens with one attached hydrogen (secondary N) is 4. The molecular weight excluding hydrogens is 334 g/mol. The molecule has 146 valence electrons. The number of H-pyrrole nitrogens is 1. The standard InChI is InChI=1S/C13H20N4O2.C5H11NO/c1-9-8-10(18)15-11(14-9)16-12(19)17-13(2)6-4-3-5-7-13;1-3-5(7)6-4-2/h8H,3-7H2,1-2H3,(H3,14,15,16,17,18,19);3-4H2,1-2H3,(H,6,7). The predicted molar refractivity (Wildman–Crippen MR) is 102 cm³/mol. The summed E-state index contributed by atoms with van der Waals surface area (Å²) in [5, 5.41) is 8.21. The molecule has 0 saturated heterocycles. The predicted octanol–water partition coefficient (Wildman–Crippen LogP) is 2.46.